The van der Waals surface area contributed by atoms with E-state index in [9.17, 15) is 0 Å². The van der Waals surface area contributed by atoms with Crippen LogP contribution in [0.25, 0.3) is 0 Å². The van der Waals surface area contributed by atoms with Crippen LogP contribution in [0.1, 0.15) is 38.9 Å². The third-order valence-corrected chi connectivity index (χ3v) is 3.24. The highest BCUT2D eigenvalue weighted by molar-refractivity contribution is 4.89. The summed E-state index contributed by atoms with van der Waals surface area (Å²) in [5.74, 6) is 1.04. The van der Waals surface area contributed by atoms with Crippen LogP contribution < -0.4 is 5.32 Å². The van der Waals surface area contributed by atoms with E-state index in [2.05, 4.69) is 29.2 Å². The molecule has 0 bridgehead atoms. The van der Waals surface area contributed by atoms with Gasteiger partial charge in [0.25, 0.3) is 0 Å². The molecule has 104 valence electrons. The number of rotatable bonds is 9. The molecule has 1 aromatic rings. The summed E-state index contributed by atoms with van der Waals surface area (Å²) in [6, 6.07) is 0.449. The molecule has 0 saturated carbocycles. The number of aromatic nitrogens is 3. The van der Waals surface area contributed by atoms with Crippen LogP contribution in [0.5, 0.6) is 0 Å². The molecule has 0 spiro atoms. The van der Waals surface area contributed by atoms with E-state index in [0.29, 0.717) is 12.1 Å². The average Bonchev–Trinajstić information content (AvgIpc) is 2.77. The Morgan fingerprint density at radius 1 is 1.44 bits per heavy atom. The highest BCUT2D eigenvalue weighted by Crippen LogP contribution is 2.08. The van der Waals surface area contributed by atoms with Gasteiger partial charge in [-0.25, -0.2) is 4.98 Å². The largest absolute Gasteiger partial charge is 0.382 e. The van der Waals surface area contributed by atoms with Crippen molar-refractivity contribution in [2.24, 2.45) is 7.05 Å². The smallest absolute Gasteiger partial charge is 0.138 e. The fourth-order valence-corrected chi connectivity index (χ4v) is 1.90. The molecule has 1 heterocycles. The molecule has 0 amide bonds. The zero-order valence-electron chi connectivity index (χ0n) is 12.0. The molecule has 0 radical (unpaired) electrons. The molecule has 0 aromatic carbocycles. The van der Waals surface area contributed by atoms with Gasteiger partial charge in [0.15, 0.2) is 0 Å². The van der Waals surface area contributed by atoms with Crippen molar-refractivity contribution in [2.75, 3.05) is 13.7 Å². The Kier molecular flexibility index (Phi) is 6.90. The molecule has 5 nitrogen and oxygen atoms in total. The van der Waals surface area contributed by atoms with E-state index in [0.717, 1.165) is 38.1 Å². The molecule has 2 atom stereocenters. The number of hydrogen-bond donors (Lipinski definition) is 1. The minimum absolute atomic E-state index is 0.315. The summed E-state index contributed by atoms with van der Waals surface area (Å²) in [7, 11) is 3.71. The fourth-order valence-electron chi connectivity index (χ4n) is 1.90. The number of methoxy groups -OCH3 is 1. The predicted molar refractivity (Wildman–Crippen MR) is 72.5 cm³/mol. The van der Waals surface area contributed by atoms with E-state index in [1.165, 1.54) is 0 Å². The van der Waals surface area contributed by atoms with Crippen LogP contribution in [0.2, 0.25) is 0 Å². The van der Waals surface area contributed by atoms with E-state index >= 15 is 0 Å². The van der Waals surface area contributed by atoms with Gasteiger partial charge >= 0.3 is 0 Å². The molecule has 1 N–H and O–H groups in total. The Morgan fingerprint density at radius 2 is 2.22 bits per heavy atom. The van der Waals surface area contributed by atoms with Crippen LogP contribution in [-0.4, -0.2) is 40.6 Å². The van der Waals surface area contributed by atoms with Gasteiger partial charge in [0, 0.05) is 26.6 Å². The molecule has 1 rings (SSSR count). The Hall–Kier alpha value is -0.940. The Bertz CT molecular complexity index is 327. The van der Waals surface area contributed by atoms with Gasteiger partial charge < -0.3 is 10.1 Å². The second-order valence-corrected chi connectivity index (χ2v) is 4.78. The van der Waals surface area contributed by atoms with Crippen LogP contribution in [-0.2, 0) is 18.2 Å². The summed E-state index contributed by atoms with van der Waals surface area (Å²) < 4.78 is 7.15. The lowest BCUT2D eigenvalue weighted by molar-refractivity contribution is 0.106. The highest BCUT2D eigenvalue weighted by Gasteiger charge is 2.13. The first-order valence-corrected chi connectivity index (χ1v) is 6.76. The second kappa shape index (κ2) is 8.21. The van der Waals surface area contributed by atoms with Gasteiger partial charge in [-0.05, 0) is 32.7 Å². The van der Waals surface area contributed by atoms with Gasteiger partial charge in [-0.2, -0.15) is 5.10 Å². The third-order valence-electron chi connectivity index (χ3n) is 3.24. The summed E-state index contributed by atoms with van der Waals surface area (Å²) in [5, 5.41) is 7.69. The highest BCUT2D eigenvalue weighted by atomic mass is 16.5. The van der Waals surface area contributed by atoms with Crippen molar-refractivity contribution in [1.29, 1.82) is 0 Å². The minimum Gasteiger partial charge on any atom is -0.382 e. The van der Waals surface area contributed by atoms with Crippen LogP contribution in [0.3, 0.4) is 0 Å². The van der Waals surface area contributed by atoms with Gasteiger partial charge in [0.1, 0.15) is 12.2 Å². The van der Waals surface area contributed by atoms with Gasteiger partial charge in [-0.3, -0.25) is 4.68 Å². The second-order valence-electron chi connectivity index (χ2n) is 4.78. The third kappa shape index (κ3) is 5.14. The topological polar surface area (TPSA) is 52.0 Å². The molecule has 0 fully saturated rings. The van der Waals surface area contributed by atoms with Crippen molar-refractivity contribution in [3.05, 3.63) is 12.2 Å². The van der Waals surface area contributed by atoms with E-state index in [4.69, 9.17) is 4.74 Å². The average molecular weight is 254 g/mol. The van der Waals surface area contributed by atoms with E-state index < -0.39 is 0 Å². The zero-order chi connectivity index (χ0) is 13.4. The SMILES string of the molecule is CCCNC(CCC(C)OC)Cc1ncnn1C. The van der Waals surface area contributed by atoms with E-state index in [-0.39, 0.29) is 0 Å². The van der Waals surface area contributed by atoms with Crippen LogP contribution in [0.4, 0.5) is 0 Å². The number of aryl methyl sites for hydroxylation is 1. The molecule has 5 heteroatoms. The predicted octanol–water partition coefficient (Wildman–Crippen LogP) is 1.54. The van der Waals surface area contributed by atoms with Crippen LogP contribution in [0, 0.1) is 0 Å². The molecular weight excluding hydrogens is 228 g/mol. The molecule has 0 aliphatic rings. The van der Waals surface area contributed by atoms with E-state index in [1.54, 1.807) is 13.4 Å². The van der Waals surface area contributed by atoms with Crippen molar-refractivity contribution >= 4 is 0 Å². The maximum absolute atomic E-state index is 5.30. The summed E-state index contributed by atoms with van der Waals surface area (Å²) in [6.45, 7) is 5.34. The molecule has 0 aliphatic heterocycles. The quantitative estimate of drug-likeness (QED) is 0.726. The molecule has 1 aromatic heterocycles. The molecule has 0 saturated heterocycles. The first kappa shape index (κ1) is 15.1. The van der Waals surface area contributed by atoms with Gasteiger partial charge in [0.05, 0.1) is 6.10 Å². The monoisotopic (exact) mass is 254 g/mol. The number of nitrogens with zero attached hydrogens (tertiary/aromatic N) is 3. The van der Waals surface area contributed by atoms with Gasteiger partial charge in [0.2, 0.25) is 0 Å². The minimum atomic E-state index is 0.315. The molecular formula is C13H26N4O. The number of nitrogens with one attached hydrogen (secondary N) is 1. The van der Waals surface area contributed by atoms with Gasteiger partial charge in [-0.15, -0.1) is 0 Å². The number of hydrogen-bond acceptors (Lipinski definition) is 4. The summed E-state index contributed by atoms with van der Waals surface area (Å²) in [4.78, 5) is 4.29. The van der Waals surface area contributed by atoms with E-state index in [1.807, 2.05) is 11.7 Å². The Morgan fingerprint density at radius 3 is 2.78 bits per heavy atom. The first-order valence-electron chi connectivity index (χ1n) is 6.76. The van der Waals surface area contributed by atoms with Crippen molar-refractivity contribution in [1.82, 2.24) is 20.1 Å². The normalized spacial score (nSPS) is 14.7. The lowest BCUT2D eigenvalue weighted by Gasteiger charge is -2.19. The Labute approximate surface area is 110 Å². The van der Waals surface area contributed by atoms with Crippen LogP contribution in [0.15, 0.2) is 6.33 Å². The molecule has 18 heavy (non-hydrogen) atoms. The molecule has 2 unspecified atom stereocenters. The lowest BCUT2D eigenvalue weighted by Crippen LogP contribution is -2.33. The first-order chi connectivity index (χ1) is 8.67. The van der Waals surface area contributed by atoms with Crippen molar-refractivity contribution in [3.8, 4) is 0 Å². The maximum Gasteiger partial charge on any atom is 0.138 e. The fraction of sp³-hybridized carbons (Fsp3) is 0.846. The molecule has 0 aliphatic carbocycles. The maximum atomic E-state index is 5.30. The van der Waals surface area contributed by atoms with Crippen LogP contribution >= 0.6 is 0 Å². The van der Waals surface area contributed by atoms with Crippen molar-refractivity contribution < 1.29 is 4.74 Å². The summed E-state index contributed by atoms with van der Waals surface area (Å²) in [5.41, 5.74) is 0. The zero-order valence-corrected chi connectivity index (χ0v) is 12.0. The van der Waals surface area contributed by atoms with Crippen molar-refractivity contribution in [2.45, 2.75) is 51.7 Å². The standard InChI is InChI=1S/C13H26N4O/c1-5-8-14-12(7-6-11(2)18-4)9-13-15-10-16-17(13)3/h10-12,14H,5-9H2,1-4H3. The van der Waals surface area contributed by atoms with Gasteiger partial charge in [-0.1, -0.05) is 6.92 Å². The summed E-state index contributed by atoms with van der Waals surface area (Å²) in [6.07, 6.45) is 6.17. The lowest BCUT2D eigenvalue weighted by atomic mass is 10.0. The number of ether oxygens (including phenoxy) is 1. The van der Waals surface area contributed by atoms with Crippen molar-refractivity contribution in [3.63, 3.8) is 0 Å². The summed E-state index contributed by atoms with van der Waals surface area (Å²) >= 11 is 0. The Balaban J connectivity index is 2.47.